The van der Waals surface area contributed by atoms with Crippen molar-refractivity contribution in [1.29, 1.82) is 0 Å². The number of nitrogens with two attached hydrogens (primary N) is 1. The number of hydrogen-bond donors (Lipinski definition) is 1. The van der Waals surface area contributed by atoms with Gasteiger partial charge >= 0.3 is 0 Å². The highest BCUT2D eigenvalue weighted by Gasteiger charge is 2.22. The first-order valence-corrected chi connectivity index (χ1v) is 7.34. The molecule has 3 nitrogen and oxygen atoms in total. The lowest BCUT2D eigenvalue weighted by atomic mass is 9.96. The summed E-state index contributed by atoms with van der Waals surface area (Å²) in [5.74, 6) is 0.450. The molecule has 1 atom stereocenters. The van der Waals surface area contributed by atoms with Crippen molar-refractivity contribution in [1.82, 2.24) is 9.80 Å². The molecule has 2 N–H and O–H groups in total. The van der Waals surface area contributed by atoms with Crippen LogP contribution in [0.25, 0.3) is 0 Å². The summed E-state index contributed by atoms with van der Waals surface area (Å²) >= 11 is 0. The molecule has 0 amide bonds. The van der Waals surface area contributed by atoms with Crippen molar-refractivity contribution < 1.29 is 0 Å². The third-order valence-electron chi connectivity index (χ3n) is 4.38. The van der Waals surface area contributed by atoms with Crippen LogP contribution in [0.3, 0.4) is 0 Å². The van der Waals surface area contributed by atoms with Gasteiger partial charge in [-0.15, -0.1) is 0 Å². The molecule has 1 aliphatic heterocycles. The van der Waals surface area contributed by atoms with Crippen molar-refractivity contribution in [3.8, 4) is 0 Å². The molecule has 2 rings (SSSR count). The Bertz CT molecular complexity index is 358. The van der Waals surface area contributed by atoms with Crippen LogP contribution in [0.1, 0.15) is 24.3 Å². The third-order valence-corrected chi connectivity index (χ3v) is 4.38. The van der Waals surface area contributed by atoms with Crippen molar-refractivity contribution in [2.24, 2.45) is 5.73 Å². The minimum Gasteiger partial charge on any atom is -0.330 e. The predicted molar refractivity (Wildman–Crippen MR) is 81.4 cm³/mol. The van der Waals surface area contributed by atoms with Gasteiger partial charge in [-0.2, -0.15) is 0 Å². The highest BCUT2D eigenvalue weighted by Crippen LogP contribution is 2.20. The standard InChI is InChI=1S/C16H27N3/c1-18-10-8-16(9-11-18)19(2)13-15(12-17)14-6-4-3-5-7-14/h3-7,15-16H,8-13,17H2,1-2H3. The van der Waals surface area contributed by atoms with Gasteiger partial charge in [0.1, 0.15) is 0 Å². The van der Waals surface area contributed by atoms with Gasteiger partial charge in [-0.1, -0.05) is 30.3 Å². The van der Waals surface area contributed by atoms with Gasteiger partial charge in [0.2, 0.25) is 0 Å². The maximum Gasteiger partial charge on any atom is 0.0117 e. The molecule has 19 heavy (non-hydrogen) atoms. The van der Waals surface area contributed by atoms with Crippen molar-refractivity contribution in [2.45, 2.75) is 24.8 Å². The van der Waals surface area contributed by atoms with E-state index in [1.807, 2.05) is 0 Å². The molecule has 0 aliphatic carbocycles. The predicted octanol–water partition coefficient (Wildman–Crippen LogP) is 1.75. The van der Waals surface area contributed by atoms with Crippen LogP contribution in [0.15, 0.2) is 30.3 Å². The van der Waals surface area contributed by atoms with Crippen LogP contribution in [0.2, 0.25) is 0 Å². The number of likely N-dealkylation sites (tertiary alicyclic amines) is 1. The minimum absolute atomic E-state index is 0.450. The lowest BCUT2D eigenvalue weighted by molar-refractivity contribution is 0.139. The van der Waals surface area contributed by atoms with E-state index < -0.39 is 0 Å². The molecule has 0 radical (unpaired) electrons. The monoisotopic (exact) mass is 261 g/mol. The second-order valence-corrected chi connectivity index (χ2v) is 5.82. The lowest BCUT2D eigenvalue weighted by Gasteiger charge is -2.36. The van der Waals surface area contributed by atoms with Crippen molar-refractivity contribution in [3.63, 3.8) is 0 Å². The van der Waals surface area contributed by atoms with Gasteiger partial charge in [-0.05, 0) is 45.6 Å². The van der Waals surface area contributed by atoms with Gasteiger partial charge in [0.05, 0.1) is 0 Å². The van der Waals surface area contributed by atoms with E-state index in [9.17, 15) is 0 Å². The Morgan fingerprint density at radius 2 is 1.89 bits per heavy atom. The zero-order chi connectivity index (χ0) is 13.7. The van der Waals surface area contributed by atoms with Gasteiger partial charge in [0.25, 0.3) is 0 Å². The SMILES string of the molecule is CN1CCC(N(C)CC(CN)c2ccccc2)CC1. The lowest BCUT2D eigenvalue weighted by Crippen LogP contribution is -2.43. The minimum atomic E-state index is 0.450. The fourth-order valence-corrected chi connectivity index (χ4v) is 2.97. The van der Waals surface area contributed by atoms with Crippen LogP contribution in [0, 0.1) is 0 Å². The number of rotatable bonds is 5. The third kappa shape index (κ3) is 4.03. The van der Waals surface area contributed by atoms with E-state index in [-0.39, 0.29) is 0 Å². The molecule has 0 bridgehead atoms. The molecule has 1 aliphatic rings. The molecule has 1 aromatic rings. The van der Waals surface area contributed by atoms with Crippen LogP contribution in [-0.4, -0.2) is 56.1 Å². The van der Waals surface area contributed by atoms with E-state index in [1.165, 1.54) is 31.5 Å². The molecule has 0 saturated carbocycles. The van der Waals surface area contributed by atoms with Gasteiger partial charge in [-0.25, -0.2) is 0 Å². The van der Waals surface area contributed by atoms with E-state index >= 15 is 0 Å². The Morgan fingerprint density at radius 3 is 2.47 bits per heavy atom. The molecule has 0 spiro atoms. The number of piperidine rings is 1. The highest BCUT2D eigenvalue weighted by atomic mass is 15.2. The largest absolute Gasteiger partial charge is 0.330 e. The number of benzene rings is 1. The van der Waals surface area contributed by atoms with E-state index in [2.05, 4.69) is 54.2 Å². The van der Waals surface area contributed by atoms with Crippen LogP contribution >= 0.6 is 0 Å². The Hall–Kier alpha value is -0.900. The molecule has 1 saturated heterocycles. The van der Waals surface area contributed by atoms with Gasteiger partial charge in [-0.3, -0.25) is 0 Å². The molecule has 1 fully saturated rings. The first-order valence-electron chi connectivity index (χ1n) is 7.34. The number of likely N-dealkylation sites (N-methyl/N-ethyl adjacent to an activating group) is 1. The molecule has 0 aromatic heterocycles. The van der Waals surface area contributed by atoms with E-state index in [1.54, 1.807) is 0 Å². The second-order valence-electron chi connectivity index (χ2n) is 5.82. The van der Waals surface area contributed by atoms with E-state index in [0.717, 1.165) is 13.1 Å². The van der Waals surface area contributed by atoms with Crippen LogP contribution in [0.5, 0.6) is 0 Å². The summed E-state index contributed by atoms with van der Waals surface area (Å²) in [6.07, 6.45) is 2.55. The Kier molecular flexibility index (Phi) is 5.37. The van der Waals surface area contributed by atoms with Crippen LogP contribution in [-0.2, 0) is 0 Å². The normalized spacial score (nSPS) is 19.8. The van der Waals surface area contributed by atoms with Gasteiger partial charge in [0, 0.05) is 25.0 Å². The Balaban J connectivity index is 1.91. The summed E-state index contributed by atoms with van der Waals surface area (Å²) in [7, 11) is 4.46. The molecule has 1 aromatic carbocycles. The molecule has 1 unspecified atom stereocenters. The molecule has 106 valence electrons. The molecule has 3 heteroatoms. The number of nitrogens with zero attached hydrogens (tertiary/aromatic N) is 2. The fourth-order valence-electron chi connectivity index (χ4n) is 2.97. The molecule has 1 heterocycles. The van der Waals surface area contributed by atoms with Crippen LogP contribution in [0.4, 0.5) is 0 Å². The quantitative estimate of drug-likeness (QED) is 0.876. The van der Waals surface area contributed by atoms with Crippen molar-refractivity contribution in [2.75, 3.05) is 40.3 Å². The Morgan fingerprint density at radius 1 is 1.26 bits per heavy atom. The highest BCUT2D eigenvalue weighted by molar-refractivity contribution is 5.20. The maximum absolute atomic E-state index is 5.97. The Labute approximate surface area is 117 Å². The van der Waals surface area contributed by atoms with Crippen molar-refractivity contribution >= 4 is 0 Å². The summed E-state index contributed by atoms with van der Waals surface area (Å²) < 4.78 is 0. The zero-order valence-corrected chi connectivity index (χ0v) is 12.3. The molecular formula is C16H27N3. The van der Waals surface area contributed by atoms with E-state index in [4.69, 9.17) is 5.73 Å². The van der Waals surface area contributed by atoms with Gasteiger partial charge in [0.15, 0.2) is 0 Å². The maximum atomic E-state index is 5.97. The summed E-state index contributed by atoms with van der Waals surface area (Å²) in [4.78, 5) is 4.93. The van der Waals surface area contributed by atoms with Crippen LogP contribution < -0.4 is 5.73 Å². The van der Waals surface area contributed by atoms with Crippen molar-refractivity contribution in [3.05, 3.63) is 35.9 Å². The topological polar surface area (TPSA) is 32.5 Å². The smallest absolute Gasteiger partial charge is 0.0117 e. The van der Waals surface area contributed by atoms with Gasteiger partial charge < -0.3 is 15.5 Å². The fraction of sp³-hybridized carbons (Fsp3) is 0.625. The second kappa shape index (κ2) is 7.04. The first kappa shape index (κ1) is 14.5. The van der Waals surface area contributed by atoms with E-state index in [0.29, 0.717) is 12.0 Å². The summed E-state index contributed by atoms with van der Waals surface area (Å²) in [5, 5.41) is 0. The first-order chi connectivity index (χ1) is 9.20. The average molecular weight is 261 g/mol. The average Bonchev–Trinajstić information content (AvgIpc) is 2.46. The summed E-state index contributed by atoms with van der Waals surface area (Å²) in [5.41, 5.74) is 7.34. The summed E-state index contributed by atoms with van der Waals surface area (Å²) in [6.45, 7) is 4.22. The zero-order valence-electron chi connectivity index (χ0n) is 12.3. The molecular weight excluding hydrogens is 234 g/mol. The number of hydrogen-bond acceptors (Lipinski definition) is 3. The summed E-state index contributed by atoms with van der Waals surface area (Å²) in [6, 6.07) is 11.4.